The van der Waals surface area contributed by atoms with Gasteiger partial charge in [-0.2, -0.15) is 0 Å². The predicted octanol–water partition coefficient (Wildman–Crippen LogP) is 2.63. The minimum Gasteiger partial charge on any atom is -0.466 e. The smallest absolute Gasteiger partial charge is 0.339 e. The standard InChI is InChI=1S/C12H20O7.C10H20O/c1-4-17-9(13)7-12(16,11(15)19-6-3)8-10(14)18-5-2;1-7(2)9-5-4-8(3)6-10(9)11/h16H,4-8H2,1-3H3;7-11H,4-6H2,1-3H3. The van der Waals surface area contributed by atoms with Crippen LogP contribution in [0.5, 0.6) is 0 Å². The van der Waals surface area contributed by atoms with Crippen LogP contribution in [-0.4, -0.2) is 59.6 Å². The molecule has 1 saturated carbocycles. The summed E-state index contributed by atoms with van der Waals surface area (Å²) in [5.41, 5.74) is -2.26. The second kappa shape index (κ2) is 14.4. The van der Waals surface area contributed by atoms with Crippen LogP contribution >= 0.6 is 0 Å². The van der Waals surface area contributed by atoms with Crippen molar-refractivity contribution in [3.05, 3.63) is 0 Å². The molecule has 8 heteroatoms. The number of ether oxygens (including phenoxy) is 3. The van der Waals surface area contributed by atoms with Crippen LogP contribution in [0.2, 0.25) is 0 Å². The third-order valence-electron chi connectivity index (χ3n) is 5.13. The fourth-order valence-electron chi connectivity index (χ4n) is 3.53. The Morgan fingerprint density at radius 3 is 1.77 bits per heavy atom. The van der Waals surface area contributed by atoms with Gasteiger partial charge < -0.3 is 24.4 Å². The average Bonchev–Trinajstić information content (AvgIpc) is 2.62. The van der Waals surface area contributed by atoms with Crippen molar-refractivity contribution in [2.24, 2.45) is 17.8 Å². The highest BCUT2D eigenvalue weighted by Gasteiger charge is 2.43. The molecule has 0 radical (unpaired) electrons. The summed E-state index contributed by atoms with van der Waals surface area (Å²) in [5, 5.41) is 19.8. The van der Waals surface area contributed by atoms with E-state index in [2.05, 4.69) is 35.0 Å². The average molecular weight is 433 g/mol. The molecular weight excluding hydrogens is 392 g/mol. The molecule has 0 aromatic rings. The number of hydrogen-bond donors (Lipinski definition) is 2. The van der Waals surface area contributed by atoms with Gasteiger partial charge in [-0.1, -0.05) is 27.2 Å². The molecule has 0 spiro atoms. The molecule has 0 aliphatic heterocycles. The molecule has 1 fully saturated rings. The number of hydrogen-bond acceptors (Lipinski definition) is 8. The molecule has 176 valence electrons. The molecule has 0 bridgehead atoms. The molecule has 0 aromatic heterocycles. The zero-order valence-electron chi connectivity index (χ0n) is 19.3. The van der Waals surface area contributed by atoms with E-state index >= 15 is 0 Å². The summed E-state index contributed by atoms with van der Waals surface area (Å²) in [7, 11) is 0. The third kappa shape index (κ3) is 10.4. The number of aliphatic hydroxyl groups is 2. The van der Waals surface area contributed by atoms with Crippen LogP contribution in [-0.2, 0) is 28.6 Å². The monoisotopic (exact) mass is 432 g/mol. The lowest BCUT2D eigenvalue weighted by atomic mass is 9.75. The zero-order valence-corrected chi connectivity index (χ0v) is 19.3. The van der Waals surface area contributed by atoms with Crippen molar-refractivity contribution in [3.8, 4) is 0 Å². The van der Waals surface area contributed by atoms with Gasteiger partial charge in [-0.05, 0) is 51.4 Å². The van der Waals surface area contributed by atoms with Crippen LogP contribution < -0.4 is 0 Å². The first-order valence-electron chi connectivity index (χ1n) is 10.9. The number of carbonyl (C=O) groups is 3. The van der Waals surface area contributed by atoms with Crippen LogP contribution in [0.15, 0.2) is 0 Å². The Bertz CT molecular complexity index is 511. The van der Waals surface area contributed by atoms with Crippen molar-refractivity contribution in [3.63, 3.8) is 0 Å². The highest BCUT2D eigenvalue weighted by atomic mass is 16.6. The summed E-state index contributed by atoms with van der Waals surface area (Å²) in [6.45, 7) is 11.6. The van der Waals surface area contributed by atoms with Crippen molar-refractivity contribution in [1.29, 1.82) is 0 Å². The molecule has 1 aliphatic carbocycles. The molecule has 30 heavy (non-hydrogen) atoms. The van der Waals surface area contributed by atoms with E-state index in [1.165, 1.54) is 12.8 Å². The summed E-state index contributed by atoms with van der Waals surface area (Å²) in [4.78, 5) is 34.4. The normalized spacial score (nSPS) is 21.3. The number of carbonyl (C=O) groups excluding carboxylic acids is 3. The van der Waals surface area contributed by atoms with Gasteiger partial charge in [0.05, 0.1) is 38.8 Å². The van der Waals surface area contributed by atoms with Crippen molar-refractivity contribution in [2.45, 2.75) is 85.4 Å². The van der Waals surface area contributed by atoms with E-state index < -0.39 is 36.4 Å². The lowest BCUT2D eigenvalue weighted by Gasteiger charge is -2.33. The quantitative estimate of drug-likeness (QED) is 0.421. The van der Waals surface area contributed by atoms with Crippen LogP contribution in [0.25, 0.3) is 0 Å². The summed E-state index contributed by atoms with van der Waals surface area (Å²) in [6.07, 6.45) is 2.21. The molecule has 0 heterocycles. The van der Waals surface area contributed by atoms with E-state index in [4.69, 9.17) is 0 Å². The Kier molecular flexibility index (Phi) is 13.6. The van der Waals surface area contributed by atoms with Gasteiger partial charge >= 0.3 is 17.9 Å². The third-order valence-corrected chi connectivity index (χ3v) is 5.13. The van der Waals surface area contributed by atoms with Crippen LogP contribution in [0.1, 0.15) is 73.6 Å². The van der Waals surface area contributed by atoms with Gasteiger partial charge in [-0.15, -0.1) is 0 Å². The Balaban J connectivity index is 0.000000642. The molecule has 3 atom stereocenters. The van der Waals surface area contributed by atoms with Crippen molar-refractivity contribution >= 4 is 17.9 Å². The second-order valence-corrected chi connectivity index (χ2v) is 8.11. The molecule has 0 amide bonds. The van der Waals surface area contributed by atoms with Gasteiger partial charge in [0, 0.05) is 0 Å². The molecule has 0 aromatic carbocycles. The van der Waals surface area contributed by atoms with E-state index in [9.17, 15) is 24.6 Å². The number of esters is 3. The highest BCUT2D eigenvalue weighted by molar-refractivity contribution is 5.90. The maximum Gasteiger partial charge on any atom is 0.339 e. The fraction of sp³-hybridized carbons (Fsp3) is 0.864. The minimum atomic E-state index is -2.26. The molecule has 1 rings (SSSR count). The molecular formula is C22H40O8. The largest absolute Gasteiger partial charge is 0.466 e. The number of rotatable bonds is 9. The molecule has 3 unspecified atom stereocenters. The molecule has 0 saturated heterocycles. The Morgan fingerprint density at radius 2 is 1.40 bits per heavy atom. The first-order valence-corrected chi connectivity index (χ1v) is 10.9. The zero-order chi connectivity index (χ0) is 23.3. The molecule has 1 aliphatic rings. The molecule has 2 N–H and O–H groups in total. The fourth-order valence-corrected chi connectivity index (χ4v) is 3.53. The van der Waals surface area contributed by atoms with E-state index in [0.29, 0.717) is 11.8 Å². The Hall–Kier alpha value is -1.67. The first kappa shape index (κ1) is 28.3. The van der Waals surface area contributed by atoms with Crippen LogP contribution in [0.4, 0.5) is 0 Å². The maximum absolute atomic E-state index is 11.7. The Morgan fingerprint density at radius 1 is 0.933 bits per heavy atom. The lowest BCUT2D eigenvalue weighted by Crippen LogP contribution is -2.44. The number of aliphatic hydroxyl groups excluding tert-OH is 1. The van der Waals surface area contributed by atoms with Gasteiger partial charge in [0.15, 0.2) is 5.60 Å². The van der Waals surface area contributed by atoms with Crippen molar-refractivity contribution in [2.75, 3.05) is 19.8 Å². The SMILES string of the molecule is CC1CCC(C(C)C)C(O)C1.CCOC(=O)CC(O)(CC(=O)OCC)C(=O)OCC. The van der Waals surface area contributed by atoms with Gasteiger partial charge in [-0.3, -0.25) is 9.59 Å². The summed E-state index contributed by atoms with van der Waals surface area (Å²) >= 11 is 0. The van der Waals surface area contributed by atoms with E-state index in [1.54, 1.807) is 20.8 Å². The second-order valence-electron chi connectivity index (χ2n) is 8.11. The predicted molar refractivity (Wildman–Crippen MR) is 111 cm³/mol. The van der Waals surface area contributed by atoms with E-state index in [-0.39, 0.29) is 25.9 Å². The topological polar surface area (TPSA) is 119 Å². The van der Waals surface area contributed by atoms with Crippen LogP contribution in [0.3, 0.4) is 0 Å². The molecule has 8 nitrogen and oxygen atoms in total. The van der Waals surface area contributed by atoms with Gasteiger partial charge in [0.1, 0.15) is 0 Å². The van der Waals surface area contributed by atoms with E-state index in [1.807, 2.05) is 0 Å². The summed E-state index contributed by atoms with van der Waals surface area (Å²) in [5.74, 6) is -0.676. The van der Waals surface area contributed by atoms with Crippen molar-refractivity contribution in [1.82, 2.24) is 0 Å². The Labute approximate surface area is 180 Å². The minimum absolute atomic E-state index is 0.0206. The van der Waals surface area contributed by atoms with Gasteiger partial charge in [0.25, 0.3) is 0 Å². The highest BCUT2D eigenvalue weighted by Crippen LogP contribution is 2.33. The van der Waals surface area contributed by atoms with Gasteiger partial charge in [-0.25, -0.2) is 4.79 Å². The summed E-state index contributed by atoms with van der Waals surface area (Å²) in [6, 6.07) is 0. The maximum atomic E-state index is 11.7. The lowest BCUT2D eigenvalue weighted by molar-refractivity contribution is -0.177. The van der Waals surface area contributed by atoms with E-state index in [0.717, 1.165) is 12.3 Å². The first-order chi connectivity index (χ1) is 14.0. The summed E-state index contributed by atoms with van der Waals surface area (Å²) < 4.78 is 14.0. The van der Waals surface area contributed by atoms with Crippen LogP contribution in [0, 0.1) is 17.8 Å². The van der Waals surface area contributed by atoms with Gasteiger partial charge in [0.2, 0.25) is 0 Å². The van der Waals surface area contributed by atoms with Crippen molar-refractivity contribution < 1.29 is 38.8 Å².